The van der Waals surface area contributed by atoms with Crippen molar-refractivity contribution in [1.82, 2.24) is 10.1 Å². The second-order valence-electron chi connectivity index (χ2n) is 3.45. The summed E-state index contributed by atoms with van der Waals surface area (Å²) >= 11 is 0. The molecule has 0 bridgehead atoms. The van der Waals surface area contributed by atoms with E-state index in [9.17, 15) is 10.1 Å². The van der Waals surface area contributed by atoms with Gasteiger partial charge < -0.3 is 10.3 Å². The largest absolute Gasteiger partial charge is 0.334 e. The summed E-state index contributed by atoms with van der Waals surface area (Å²) in [5.74, 6) is 0.438. The Morgan fingerprint density at radius 2 is 2.29 bits per heavy atom. The highest BCUT2D eigenvalue weighted by atomic mass is 16.6. The minimum atomic E-state index is -0.478. The molecule has 88 valence electrons. The zero-order chi connectivity index (χ0) is 12.4. The van der Waals surface area contributed by atoms with Crippen molar-refractivity contribution in [2.75, 3.05) is 0 Å². The van der Waals surface area contributed by atoms with Gasteiger partial charge in [-0.25, -0.2) is 0 Å². The van der Waals surface area contributed by atoms with E-state index in [1.807, 2.05) is 0 Å². The Balaban J connectivity index is 2.61. The summed E-state index contributed by atoms with van der Waals surface area (Å²) in [6.07, 6.45) is 0. The van der Waals surface area contributed by atoms with E-state index in [4.69, 9.17) is 10.3 Å². The molecule has 7 heteroatoms. The first kappa shape index (κ1) is 11.2. The molecule has 2 aromatic rings. The summed E-state index contributed by atoms with van der Waals surface area (Å²) in [5, 5.41) is 14.5. The van der Waals surface area contributed by atoms with Crippen LogP contribution in [0.4, 0.5) is 5.69 Å². The average molecular weight is 234 g/mol. The van der Waals surface area contributed by atoms with Crippen molar-refractivity contribution in [3.05, 3.63) is 39.7 Å². The van der Waals surface area contributed by atoms with Gasteiger partial charge in [0, 0.05) is 6.07 Å². The quantitative estimate of drug-likeness (QED) is 0.635. The fourth-order valence-electron chi connectivity index (χ4n) is 1.52. The second-order valence-corrected chi connectivity index (χ2v) is 3.45. The zero-order valence-electron chi connectivity index (χ0n) is 9.08. The van der Waals surface area contributed by atoms with Gasteiger partial charge in [-0.3, -0.25) is 10.1 Å². The fraction of sp³-hybridized carbons (Fsp3) is 0.200. The maximum absolute atomic E-state index is 10.9. The lowest BCUT2D eigenvalue weighted by Crippen LogP contribution is -1.98. The van der Waals surface area contributed by atoms with Crippen molar-refractivity contribution in [2.45, 2.75) is 13.5 Å². The van der Waals surface area contributed by atoms with Crippen LogP contribution in [0, 0.1) is 17.0 Å². The molecule has 0 saturated carbocycles. The molecule has 0 aliphatic rings. The Hall–Kier alpha value is -2.28. The van der Waals surface area contributed by atoms with Crippen LogP contribution in [0.15, 0.2) is 22.7 Å². The Morgan fingerprint density at radius 3 is 2.88 bits per heavy atom. The van der Waals surface area contributed by atoms with Gasteiger partial charge in [-0.05, 0) is 12.5 Å². The van der Waals surface area contributed by atoms with Gasteiger partial charge in [-0.15, -0.1) is 0 Å². The van der Waals surface area contributed by atoms with Crippen LogP contribution in [0.2, 0.25) is 0 Å². The molecule has 2 rings (SSSR count). The third-order valence-corrected chi connectivity index (χ3v) is 2.31. The number of nitrogens with zero attached hydrogens (tertiary/aromatic N) is 3. The van der Waals surface area contributed by atoms with Gasteiger partial charge in [0.15, 0.2) is 5.82 Å². The van der Waals surface area contributed by atoms with E-state index in [0.29, 0.717) is 17.0 Å². The van der Waals surface area contributed by atoms with Crippen LogP contribution < -0.4 is 5.73 Å². The molecule has 7 nitrogen and oxygen atoms in total. The maximum Gasteiger partial charge on any atom is 0.282 e. The first-order valence-corrected chi connectivity index (χ1v) is 4.90. The lowest BCUT2D eigenvalue weighted by molar-refractivity contribution is -0.384. The Bertz CT molecular complexity index is 564. The number of aryl methyl sites for hydroxylation is 1. The van der Waals surface area contributed by atoms with Crippen LogP contribution in [0.3, 0.4) is 0 Å². The topological polar surface area (TPSA) is 108 Å². The molecule has 1 heterocycles. The maximum atomic E-state index is 10.9. The van der Waals surface area contributed by atoms with Crippen molar-refractivity contribution in [3.63, 3.8) is 0 Å². The summed E-state index contributed by atoms with van der Waals surface area (Å²) in [6.45, 7) is 1.87. The van der Waals surface area contributed by atoms with Crippen LogP contribution in [0.5, 0.6) is 0 Å². The van der Waals surface area contributed by atoms with Crippen LogP contribution >= 0.6 is 0 Å². The number of hydrogen-bond donors (Lipinski definition) is 1. The second kappa shape index (κ2) is 4.30. The smallest absolute Gasteiger partial charge is 0.282 e. The van der Waals surface area contributed by atoms with Crippen molar-refractivity contribution in [1.29, 1.82) is 0 Å². The van der Waals surface area contributed by atoms with Gasteiger partial charge >= 0.3 is 0 Å². The average Bonchev–Trinajstić information content (AvgIpc) is 2.76. The summed E-state index contributed by atoms with van der Waals surface area (Å²) in [5.41, 5.74) is 6.34. The molecule has 0 fully saturated rings. The minimum Gasteiger partial charge on any atom is -0.334 e. The standard InChI is InChI=1S/C10H10N4O3/c1-6-3-2-4-7(14(15)16)9(6)10-12-8(5-11)13-17-10/h2-4H,5,11H2,1H3. The first-order chi connectivity index (χ1) is 8.13. The van der Waals surface area contributed by atoms with Gasteiger partial charge in [0.05, 0.1) is 11.5 Å². The van der Waals surface area contributed by atoms with Crippen molar-refractivity contribution >= 4 is 5.69 Å². The Labute approximate surface area is 96.4 Å². The van der Waals surface area contributed by atoms with E-state index < -0.39 is 4.92 Å². The highest BCUT2D eigenvalue weighted by Gasteiger charge is 2.22. The van der Waals surface area contributed by atoms with Gasteiger partial charge in [-0.2, -0.15) is 4.98 Å². The molecule has 0 spiro atoms. The van der Waals surface area contributed by atoms with Gasteiger partial charge in [0.1, 0.15) is 5.56 Å². The predicted molar refractivity (Wildman–Crippen MR) is 59.0 cm³/mol. The van der Waals surface area contributed by atoms with Crippen LogP contribution in [-0.2, 0) is 6.54 Å². The Morgan fingerprint density at radius 1 is 1.53 bits per heavy atom. The van der Waals surface area contributed by atoms with Crippen LogP contribution in [-0.4, -0.2) is 15.1 Å². The number of hydrogen-bond acceptors (Lipinski definition) is 6. The summed E-state index contributed by atoms with van der Waals surface area (Å²) in [7, 11) is 0. The molecule has 0 atom stereocenters. The van der Waals surface area contributed by atoms with Gasteiger partial charge in [-0.1, -0.05) is 17.3 Å². The van der Waals surface area contributed by atoms with E-state index in [-0.39, 0.29) is 18.1 Å². The lowest BCUT2D eigenvalue weighted by atomic mass is 10.1. The van der Waals surface area contributed by atoms with E-state index in [2.05, 4.69) is 10.1 Å². The minimum absolute atomic E-state index is 0.0581. The zero-order valence-corrected chi connectivity index (χ0v) is 9.08. The summed E-state index contributed by atoms with van der Waals surface area (Å²) in [6, 6.07) is 4.75. The van der Waals surface area contributed by atoms with Crippen molar-refractivity contribution in [2.24, 2.45) is 5.73 Å². The van der Waals surface area contributed by atoms with Gasteiger partial charge in [0.2, 0.25) is 0 Å². The first-order valence-electron chi connectivity index (χ1n) is 4.90. The predicted octanol–water partition coefficient (Wildman–Crippen LogP) is 1.41. The van der Waals surface area contributed by atoms with E-state index in [1.165, 1.54) is 6.07 Å². The van der Waals surface area contributed by atoms with E-state index >= 15 is 0 Å². The van der Waals surface area contributed by atoms with Crippen molar-refractivity contribution in [3.8, 4) is 11.5 Å². The van der Waals surface area contributed by atoms with Crippen LogP contribution in [0.1, 0.15) is 11.4 Å². The van der Waals surface area contributed by atoms with E-state index in [1.54, 1.807) is 19.1 Å². The van der Waals surface area contributed by atoms with Crippen LogP contribution in [0.25, 0.3) is 11.5 Å². The summed E-state index contributed by atoms with van der Waals surface area (Å²) in [4.78, 5) is 14.4. The number of rotatable bonds is 3. The third-order valence-electron chi connectivity index (χ3n) is 2.31. The third kappa shape index (κ3) is 2.00. The van der Waals surface area contributed by atoms with Crippen molar-refractivity contribution < 1.29 is 9.45 Å². The molecule has 0 radical (unpaired) electrons. The summed E-state index contributed by atoms with van der Waals surface area (Å²) < 4.78 is 4.97. The SMILES string of the molecule is Cc1cccc([N+](=O)[O-])c1-c1nc(CN)no1. The molecule has 0 amide bonds. The molecule has 1 aromatic carbocycles. The fourth-order valence-corrected chi connectivity index (χ4v) is 1.52. The number of nitrogens with two attached hydrogens (primary N) is 1. The number of nitro groups is 1. The molecule has 2 N–H and O–H groups in total. The van der Waals surface area contributed by atoms with E-state index in [0.717, 1.165) is 0 Å². The lowest BCUT2D eigenvalue weighted by Gasteiger charge is -2.01. The molecular weight excluding hydrogens is 224 g/mol. The van der Waals surface area contributed by atoms with Gasteiger partial charge in [0.25, 0.3) is 11.6 Å². The molecule has 0 saturated heterocycles. The highest BCUT2D eigenvalue weighted by molar-refractivity contribution is 5.70. The monoisotopic (exact) mass is 234 g/mol. The highest BCUT2D eigenvalue weighted by Crippen LogP contribution is 2.31. The molecule has 0 aliphatic carbocycles. The number of benzene rings is 1. The molecule has 0 unspecified atom stereocenters. The molecule has 17 heavy (non-hydrogen) atoms. The molecular formula is C10H10N4O3. The molecule has 1 aromatic heterocycles. The number of nitro benzene ring substituents is 1. The normalized spacial score (nSPS) is 10.5. The Kier molecular flexibility index (Phi) is 2.84. The molecule has 0 aliphatic heterocycles. The number of aromatic nitrogens is 2.